The molecule has 0 aliphatic carbocycles. The molecule has 10 nitrogen and oxygen atoms in total. The zero-order valence-electron chi connectivity index (χ0n) is 24.5. The van der Waals surface area contributed by atoms with Crippen LogP contribution in [0.15, 0.2) is 78.9 Å². The number of rotatable bonds is 8. The first kappa shape index (κ1) is 31.2. The van der Waals surface area contributed by atoms with Crippen molar-refractivity contribution in [3.63, 3.8) is 0 Å². The number of thiophene rings is 1. The average molecular weight is 629 g/mol. The van der Waals surface area contributed by atoms with E-state index in [1.54, 1.807) is 43.3 Å². The van der Waals surface area contributed by atoms with Crippen LogP contribution < -0.4 is 11.1 Å². The molecule has 4 unspecified atom stereocenters. The van der Waals surface area contributed by atoms with Gasteiger partial charge in [-0.15, -0.1) is 11.3 Å². The summed E-state index contributed by atoms with van der Waals surface area (Å²) < 4.78 is 14.4. The zero-order valence-corrected chi connectivity index (χ0v) is 25.3. The molecule has 1 aromatic heterocycles. The molecule has 3 aromatic carbocycles. The lowest BCUT2D eigenvalue weighted by molar-refractivity contribution is -0.385. The van der Waals surface area contributed by atoms with Gasteiger partial charge in [0.05, 0.1) is 16.9 Å². The Kier molecular flexibility index (Phi) is 8.60. The van der Waals surface area contributed by atoms with E-state index in [-0.39, 0.29) is 28.5 Å². The van der Waals surface area contributed by atoms with E-state index in [1.165, 1.54) is 53.5 Å². The number of halogens is 1. The first-order valence-electron chi connectivity index (χ1n) is 14.0. The summed E-state index contributed by atoms with van der Waals surface area (Å²) in [6.07, 6.45) is 0. The number of non-ortho nitro benzene ring substituents is 1. The third-order valence-electron chi connectivity index (χ3n) is 7.91. The Labute approximate surface area is 261 Å². The van der Waals surface area contributed by atoms with Crippen molar-refractivity contribution in [1.82, 2.24) is 4.90 Å². The fraction of sp³-hybridized carbons (Fsp3) is 0.212. The number of nitrogens with two attached hydrogens (primary N) is 1. The van der Waals surface area contributed by atoms with Gasteiger partial charge >= 0.3 is 0 Å². The van der Waals surface area contributed by atoms with Crippen LogP contribution >= 0.6 is 11.3 Å². The van der Waals surface area contributed by atoms with Crippen LogP contribution in [0.4, 0.5) is 15.8 Å². The molecule has 12 heteroatoms. The summed E-state index contributed by atoms with van der Waals surface area (Å²) in [4.78, 5) is 68.0. The molecule has 3 amide bonds. The first-order valence-corrected chi connectivity index (χ1v) is 14.8. The predicted octanol–water partition coefficient (Wildman–Crippen LogP) is 5.70. The maximum absolute atomic E-state index is 14.7. The smallest absolute Gasteiger partial charge is 0.269 e. The highest BCUT2D eigenvalue weighted by atomic mass is 32.1. The lowest BCUT2D eigenvalue weighted by atomic mass is 9.76. The third-order valence-corrected chi connectivity index (χ3v) is 8.88. The molecule has 3 N–H and O–H groups in total. The highest BCUT2D eigenvalue weighted by Gasteiger charge is 2.57. The van der Waals surface area contributed by atoms with Gasteiger partial charge in [-0.25, -0.2) is 4.39 Å². The lowest BCUT2D eigenvalue weighted by Gasteiger charge is -2.31. The summed E-state index contributed by atoms with van der Waals surface area (Å²) in [6, 6.07) is 16.1. The van der Waals surface area contributed by atoms with E-state index in [9.17, 15) is 33.7 Å². The Hall–Kier alpha value is -5.23. The molecule has 1 aliphatic heterocycles. The van der Waals surface area contributed by atoms with Crippen LogP contribution in [0.2, 0.25) is 0 Å². The molecule has 0 bridgehead atoms. The van der Waals surface area contributed by atoms with Gasteiger partial charge in [0.1, 0.15) is 11.9 Å². The third kappa shape index (κ3) is 6.09. The highest BCUT2D eigenvalue weighted by Crippen LogP contribution is 2.52. The molecule has 0 radical (unpaired) electrons. The normalized spacial score (nSPS) is 19.2. The molecule has 4 aromatic rings. The number of aryl methyl sites for hydroxylation is 2. The van der Waals surface area contributed by atoms with Gasteiger partial charge in [0.25, 0.3) is 11.6 Å². The molecule has 1 fully saturated rings. The number of nitro groups is 1. The molecular formula is C33H29FN4O6S. The molecular weight excluding hydrogens is 599 g/mol. The molecule has 2 heterocycles. The van der Waals surface area contributed by atoms with Gasteiger partial charge in [-0.3, -0.25) is 29.3 Å². The number of anilines is 1. The van der Waals surface area contributed by atoms with Crippen LogP contribution in [0, 0.1) is 35.7 Å². The van der Waals surface area contributed by atoms with Crippen LogP contribution in [0.25, 0.3) is 0 Å². The standard InChI is InChI=1S/C33H29FN4O6S/c1-17-14-26(18(2)45-17)31(40)28-27(20-10-12-24(13-11-20)36-19(3)39)30(32(35)41)37(33(42)22-7-4-8-23(34)15-22)29(28)21-6-5-9-25(16-21)38(43)44/h4-16,27-30H,1-3H3,(H2,35,41)(H,36,39). The monoisotopic (exact) mass is 628 g/mol. The van der Waals surface area contributed by atoms with Gasteiger partial charge in [-0.2, -0.15) is 0 Å². The number of nitrogens with one attached hydrogen (secondary N) is 1. The lowest BCUT2D eigenvalue weighted by Crippen LogP contribution is -2.46. The van der Waals surface area contributed by atoms with Crippen molar-refractivity contribution in [2.75, 3.05) is 5.32 Å². The molecule has 0 saturated carbocycles. The fourth-order valence-electron chi connectivity index (χ4n) is 6.18. The SMILES string of the molecule is CC(=O)Nc1ccc(C2C(C(=O)c3cc(C)sc3C)C(c3cccc([N+](=O)[O-])c3)N(C(=O)c3cccc(F)c3)C2C(N)=O)cc1. The van der Waals surface area contributed by atoms with Crippen LogP contribution in [0.5, 0.6) is 0 Å². The summed E-state index contributed by atoms with van der Waals surface area (Å²) in [5.41, 5.74) is 7.23. The van der Waals surface area contributed by atoms with Gasteiger partial charge in [0.15, 0.2) is 5.78 Å². The maximum Gasteiger partial charge on any atom is 0.269 e. The molecule has 45 heavy (non-hydrogen) atoms. The second-order valence-electron chi connectivity index (χ2n) is 10.9. The maximum atomic E-state index is 14.7. The van der Waals surface area contributed by atoms with Gasteiger partial charge in [0, 0.05) is 51.5 Å². The summed E-state index contributed by atoms with van der Waals surface area (Å²) in [7, 11) is 0. The predicted molar refractivity (Wildman–Crippen MR) is 166 cm³/mol. The van der Waals surface area contributed by atoms with E-state index >= 15 is 0 Å². The summed E-state index contributed by atoms with van der Waals surface area (Å²) >= 11 is 1.41. The topological polar surface area (TPSA) is 153 Å². The molecule has 4 atom stereocenters. The van der Waals surface area contributed by atoms with Gasteiger partial charge in [-0.1, -0.05) is 30.3 Å². The Morgan fingerprint density at radius 2 is 1.64 bits per heavy atom. The Bertz CT molecular complexity index is 1840. The minimum atomic E-state index is -1.41. The summed E-state index contributed by atoms with van der Waals surface area (Å²) in [6.45, 7) is 5.00. The molecule has 5 rings (SSSR count). The van der Waals surface area contributed by atoms with E-state index < -0.39 is 46.5 Å². The van der Waals surface area contributed by atoms with E-state index in [4.69, 9.17) is 5.73 Å². The number of ketones is 1. The van der Waals surface area contributed by atoms with Crippen molar-refractivity contribution in [3.8, 4) is 0 Å². The van der Waals surface area contributed by atoms with E-state index in [0.717, 1.165) is 21.9 Å². The number of hydrogen-bond donors (Lipinski definition) is 2. The molecule has 1 aliphatic rings. The number of carbonyl (C=O) groups excluding carboxylic acids is 4. The Morgan fingerprint density at radius 1 is 0.956 bits per heavy atom. The number of primary amides is 1. The number of nitrogens with zero attached hydrogens (tertiary/aromatic N) is 2. The number of nitro benzene ring substituents is 1. The number of benzene rings is 3. The van der Waals surface area contributed by atoms with Crippen molar-refractivity contribution in [2.24, 2.45) is 11.7 Å². The van der Waals surface area contributed by atoms with Crippen molar-refractivity contribution in [3.05, 3.63) is 127 Å². The Balaban J connectivity index is 1.80. The highest BCUT2D eigenvalue weighted by molar-refractivity contribution is 7.12. The summed E-state index contributed by atoms with van der Waals surface area (Å²) in [5.74, 6) is -5.21. The number of amides is 3. The van der Waals surface area contributed by atoms with E-state index in [1.807, 2.05) is 6.92 Å². The fourth-order valence-corrected chi connectivity index (χ4v) is 7.11. The number of likely N-dealkylation sites (tertiary alicyclic amines) is 1. The van der Waals surface area contributed by atoms with E-state index in [0.29, 0.717) is 16.8 Å². The molecule has 0 spiro atoms. The van der Waals surface area contributed by atoms with Gasteiger partial charge in [-0.05, 0) is 61.4 Å². The minimum absolute atomic E-state index is 0.0907. The van der Waals surface area contributed by atoms with Crippen LogP contribution in [0.1, 0.15) is 60.5 Å². The minimum Gasteiger partial charge on any atom is -0.368 e. The van der Waals surface area contributed by atoms with Gasteiger partial charge < -0.3 is 16.0 Å². The van der Waals surface area contributed by atoms with Crippen molar-refractivity contribution in [2.45, 2.75) is 38.8 Å². The largest absolute Gasteiger partial charge is 0.368 e. The second-order valence-corrected chi connectivity index (χ2v) is 12.4. The van der Waals surface area contributed by atoms with E-state index in [2.05, 4.69) is 5.32 Å². The zero-order chi connectivity index (χ0) is 32.6. The number of hydrogen-bond acceptors (Lipinski definition) is 7. The van der Waals surface area contributed by atoms with Gasteiger partial charge in [0.2, 0.25) is 11.8 Å². The second kappa shape index (κ2) is 12.4. The number of Topliss-reactive ketones (excluding diaryl/α,β-unsaturated/α-hetero) is 1. The molecule has 1 saturated heterocycles. The van der Waals surface area contributed by atoms with Crippen molar-refractivity contribution >= 4 is 46.2 Å². The average Bonchev–Trinajstić information content (AvgIpc) is 3.53. The first-order chi connectivity index (χ1) is 21.4. The Morgan fingerprint density at radius 3 is 2.22 bits per heavy atom. The number of carbonyl (C=O) groups is 4. The van der Waals surface area contributed by atoms with Crippen LogP contribution in [0.3, 0.4) is 0 Å². The van der Waals surface area contributed by atoms with Crippen molar-refractivity contribution < 1.29 is 28.5 Å². The quantitative estimate of drug-likeness (QED) is 0.145. The van der Waals surface area contributed by atoms with Crippen LogP contribution in [-0.4, -0.2) is 39.4 Å². The van der Waals surface area contributed by atoms with Crippen LogP contribution in [-0.2, 0) is 9.59 Å². The molecule has 230 valence electrons. The van der Waals surface area contributed by atoms with Crippen molar-refractivity contribution in [1.29, 1.82) is 0 Å². The summed E-state index contributed by atoms with van der Waals surface area (Å²) in [5, 5.41) is 14.5.